The van der Waals surface area contributed by atoms with Crippen molar-refractivity contribution in [3.63, 3.8) is 0 Å². The third-order valence-electron chi connectivity index (χ3n) is 5.27. The van der Waals surface area contributed by atoms with Crippen LogP contribution in [0.15, 0.2) is 30.6 Å². The molecule has 2 aliphatic heterocycles. The molecule has 0 saturated carbocycles. The summed E-state index contributed by atoms with van der Waals surface area (Å²) in [5.41, 5.74) is 1.64. The molecule has 2 aromatic rings. The lowest BCUT2D eigenvalue weighted by molar-refractivity contribution is 0.0746. The maximum absolute atomic E-state index is 12.6. The van der Waals surface area contributed by atoms with Gasteiger partial charge in [-0.2, -0.15) is 4.98 Å². The Morgan fingerprint density at radius 2 is 1.74 bits per heavy atom. The SMILES string of the molecule is Cc1cc(N2CCCCC2)nc(N2CCN(C(=O)c3cccnc3)CC2)n1. The molecule has 2 aromatic heterocycles. The molecule has 27 heavy (non-hydrogen) atoms. The second-order valence-electron chi connectivity index (χ2n) is 7.24. The first-order valence-electron chi connectivity index (χ1n) is 9.75. The van der Waals surface area contributed by atoms with Crippen molar-refractivity contribution >= 4 is 17.7 Å². The van der Waals surface area contributed by atoms with Gasteiger partial charge in [0.25, 0.3) is 5.91 Å². The quantitative estimate of drug-likeness (QED) is 0.829. The Bertz CT molecular complexity index is 782. The van der Waals surface area contributed by atoms with E-state index in [1.54, 1.807) is 18.5 Å². The van der Waals surface area contributed by atoms with Gasteiger partial charge in [-0.15, -0.1) is 0 Å². The van der Waals surface area contributed by atoms with Crippen LogP contribution in [-0.2, 0) is 0 Å². The molecule has 1 amide bonds. The van der Waals surface area contributed by atoms with Crippen LogP contribution in [-0.4, -0.2) is 65.0 Å². The molecule has 2 aliphatic rings. The molecule has 0 radical (unpaired) electrons. The van der Waals surface area contributed by atoms with E-state index in [2.05, 4.69) is 25.8 Å². The minimum atomic E-state index is 0.0434. The molecule has 142 valence electrons. The molecule has 2 saturated heterocycles. The lowest BCUT2D eigenvalue weighted by atomic mass is 10.1. The first-order valence-corrected chi connectivity index (χ1v) is 9.75. The lowest BCUT2D eigenvalue weighted by Gasteiger charge is -2.35. The summed E-state index contributed by atoms with van der Waals surface area (Å²) >= 11 is 0. The molecule has 4 rings (SSSR count). The summed E-state index contributed by atoms with van der Waals surface area (Å²) in [7, 11) is 0. The molecular formula is C20H26N6O. The highest BCUT2D eigenvalue weighted by Crippen LogP contribution is 2.22. The van der Waals surface area contributed by atoms with Crippen LogP contribution in [0, 0.1) is 6.92 Å². The molecule has 0 spiro atoms. The van der Waals surface area contributed by atoms with E-state index in [0.717, 1.165) is 43.6 Å². The standard InChI is InChI=1S/C20H26N6O/c1-16-14-18(24-8-3-2-4-9-24)23-20(22-16)26-12-10-25(11-13-26)19(27)17-6-5-7-21-15-17/h5-7,14-15H,2-4,8-13H2,1H3. The zero-order valence-corrected chi connectivity index (χ0v) is 15.8. The number of aryl methyl sites for hydroxylation is 1. The summed E-state index contributed by atoms with van der Waals surface area (Å²) in [4.78, 5) is 32.6. The minimum Gasteiger partial charge on any atom is -0.356 e. The van der Waals surface area contributed by atoms with Gasteiger partial charge in [-0.3, -0.25) is 9.78 Å². The van der Waals surface area contributed by atoms with Gasteiger partial charge in [-0.25, -0.2) is 4.98 Å². The van der Waals surface area contributed by atoms with Gasteiger partial charge in [0.15, 0.2) is 0 Å². The monoisotopic (exact) mass is 366 g/mol. The van der Waals surface area contributed by atoms with Gasteiger partial charge in [0, 0.05) is 63.4 Å². The number of carbonyl (C=O) groups excluding carboxylic acids is 1. The van der Waals surface area contributed by atoms with Crippen LogP contribution >= 0.6 is 0 Å². The number of aromatic nitrogens is 3. The van der Waals surface area contributed by atoms with E-state index in [1.165, 1.54) is 19.3 Å². The molecule has 0 aromatic carbocycles. The largest absolute Gasteiger partial charge is 0.356 e. The Balaban J connectivity index is 1.43. The number of hydrogen-bond donors (Lipinski definition) is 0. The number of piperazine rings is 1. The Morgan fingerprint density at radius 1 is 0.963 bits per heavy atom. The smallest absolute Gasteiger partial charge is 0.255 e. The molecule has 7 heteroatoms. The third-order valence-corrected chi connectivity index (χ3v) is 5.27. The fourth-order valence-corrected chi connectivity index (χ4v) is 3.74. The van der Waals surface area contributed by atoms with Crippen molar-refractivity contribution in [2.75, 3.05) is 49.1 Å². The maximum Gasteiger partial charge on any atom is 0.255 e. The van der Waals surface area contributed by atoms with Crippen LogP contribution in [0.1, 0.15) is 35.3 Å². The average molecular weight is 366 g/mol. The summed E-state index contributed by atoms with van der Waals surface area (Å²) in [5.74, 6) is 1.86. The second kappa shape index (κ2) is 7.90. The summed E-state index contributed by atoms with van der Waals surface area (Å²) in [6, 6.07) is 5.69. The molecule has 0 unspecified atom stereocenters. The maximum atomic E-state index is 12.6. The van der Waals surface area contributed by atoms with Crippen LogP contribution in [0.5, 0.6) is 0 Å². The van der Waals surface area contributed by atoms with Crippen LogP contribution in [0.25, 0.3) is 0 Å². The number of anilines is 2. The van der Waals surface area contributed by atoms with Crippen molar-refractivity contribution in [2.45, 2.75) is 26.2 Å². The van der Waals surface area contributed by atoms with Crippen LogP contribution in [0.4, 0.5) is 11.8 Å². The fourth-order valence-electron chi connectivity index (χ4n) is 3.74. The molecule has 0 N–H and O–H groups in total. The number of piperidine rings is 1. The van der Waals surface area contributed by atoms with Crippen molar-refractivity contribution < 1.29 is 4.79 Å². The van der Waals surface area contributed by atoms with Gasteiger partial charge in [0.2, 0.25) is 5.95 Å². The highest BCUT2D eigenvalue weighted by atomic mass is 16.2. The summed E-state index contributed by atoms with van der Waals surface area (Å²) in [6.45, 7) is 7.01. The topological polar surface area (TPSA) is 65.5 Å². The third kappa shape index (κ3) is 4.02. The molecule has 7 nitrogen and oxygen atoms in total. The minimum absolute atomic E-state index is 0.0434. The van der Waals surface area contributed by atoms with E-state index < -0.39 is 0 Å². The molecule has 0 atom stereocenters. The van der Waals surface area contributed by atoms with E-state index >= 15 is 0 Å². The predicted molar refractivity (Wildman–Crippen MR) is 105 cm³/mol. The first-order chi connectivity index (χ1) is 13.2. The second-order valence-corrected chi connectivity index (χ2v) is 7.24. The van der Waals surface area contributed by atoms with Crippen molar-refractivity contribution in [3.05, 3.63) is 41.9 Å². The Hall–Kier alpha value is -2.70. The molecule has 0 bridgehead atoms. The Morgan fingerprint density at radius 3 is 2.44 bits per heavy atom. The molecular weight excluding hydrogens is 340 g/mol. The number of hydrogen-bond acceptors (Lipinski definition) is 6. The molecule has 0 aliphatic carbocycles. The van der Waals surface area contributed by atoms with Crippen LogP contribution < -0.4 is 9.80 Å². The van der Waals surface area contributed by atoms with Gasteiger partial charge in [-0.1, -0.05) is 0 Å². The van der Waals surface area contributed by atoms with Crippen molar-refractivity contribution in [1.29, 1.82) is 0 Å². The summed E-state index contributed by atoms with van der Waals surface area (Å²) in [6.07, 6.45) is 7.08. The van der Waals surface area contributed by atoms with Gasteiger partial charge < -0.3 is 14.7 Å². The average Bonchev–Trinajstić information content (AvgIpc) is 2.74. The number of nitrogens with zero attached hydrogens (tertiary/aromatic N) is 6. The number of pyridine rings is 1. The Kier molecular flexibility index (Phi) is 5.18. The summed E-state index contributed by atoms with van der Waals surface area (Å²) < 4.78 is 0. The fraction of sp³-hybridized carbons (Fsp3) is 0.500. The number of amides is 1. The highest BCUT2D eigenvalue weighted by molar-refractivity contribution is 5.94. The van der Waals surface area contributed by atoms with Gasteiger partial charge in [0.05, 0.1) is 5.56 Å². The lowest BCUT2D eigenvalue weighted by Crippen LogP contribution is -2.49. The van der Waals surface area contributed by atoms with E-state index in [-0.39, 0.29) is 5.91 Å². The zero-order chi connectivity index (χ0) is 18.6. The van der Waals surface area contributed by atoms with E-state index in [1.807, 2.05) is 17.9 Å². The zero-order valence-electron chi connectivity index (χ0n) is 15.8. The summed E-state index contributed by atoms with van der Waals surface area (Å²) in [5, 5.41) is 0. The number of carbonyl (C=O) groups is 1. The van der Waals surface area contributed by atoms with Crippen molar-refractivity contribution in [1.82, 2.24) is 19.9 Å². The molecule has 2 fully saturated rings. The van der Waals surface area contributed by atoms with Crippen LogP contribution in [0.3, 0.4) is 0 Å². The van der Waals surface area contributed by atoms with Crippen molar-refractivity contribution in [3.8, 4) is 0 Å². The van der Waals surface area contributed by atoms with Gasteiger partial charge in [-0.05, 0) is 38.3 Å². The first kappa shape index (κ1) is 17.7. The van der Waals surface area contributed by atoms with E-state index in [0.29, 0.717) is 18.7 Å². The van der Waals surface area contributed by atoms with Crippen LogP contribution in [0.2, 0.25) is 0 Å². The molecule has 4 heterocycles. The van der Waals surface area contributed by atoms with Gasteiger partial charge >= 0.3 is 0 Å². The number of rotatable bonds is 3. The van der Waals surface area contributed by atoms with E-state index in [4.69, 9.17) is 4.98 Å². The van der Waals surface area contributed by atoms with Gasteiger partial charge in [0.1, 0.15) is 5.82 Å². The normalized spacial score (nSPS) is 17.9. The van der Waals surface area contributed by atoms with E-state index in [9.17, 15) is 4.79 Å². The Labute approximate surface area is 160 Å². The predicted octanol–water partition coefficient (Wildman–Crippen LogP) is 2.13. The van der Waals surface area contributed by atoms with Crippen molar-refractivity contribution in [2.24, 2.45) is 0 Å². The highest BCUT2D eigenvalue weighted by Gasteiger charge is 2.24.